The van der Waals surface area contributed by atoms with Gasteiger partial charge < -0.3 is 15.7 Å². The molecule has 0 atom stereocenters. The molecular weight excluding hydrogens is 375 g/mol. The van der Waals surface area contributed by atoms with Gasteiger partial charge in [-0.3, -0.25) is 4.79 Å². The van der Waals surface area contributed by atoms with Crippen LogP contribution in [0.1, 0.15) is 37.7 Å². The minimum atomic E-state index is -1.07. The molecule has 0 radical (unpaired) electrons. The van der Waals surface area contributed by atoms with Gasteiger partial charge in [-0.2, -0.15) is 0 Å². The summed E-state index contributed by atoms with van der Waals surface area (Å²) in [4.78, 5) is 33.9. The fourth-order valence-electron chi connectivity index (χ4n) is 2.79. The van der Waals surface area contributed by atoms with Gasteiger partial charge in [-0.25, -0.2) is 19.2 Å². The number of nitrogen functional groups attached to an aromatic ring is 1. The van der Waals surface area contributed by atoms with Crippen LogP contribution in [0.2, 0.25) is 0 Å². The molecule has 29 heavy (non-hydrogen) atoms. The molecule has 0 fully saturated rings. The van der Waals surface area contributed by atoms with Gasteiger partial charge in [0.2, 0.25) is 0 Å². The van der Waals surface area contributed by atoms with E-state index < -0.39 is 5.97 Å². The number of hydrogen-bond acceptors (Lipinski definition) is 5. The monoisotopic (exact) mass is 394 g/mol. The zero-order chi connectivity index (χ0) is 21.0. The summed E-state index contributed by atoms with van der Waals surface area (Å²) in [6, 6.07) is 11.5. The SMILES string of the molecule is Cc1ncc(CN(Cc2ccc(F)cc2)C(=O)c2ccc(C(=O)O)cc2)c(N)n1. The Kier molecular flexibility index (Phi) is 5.82. The largest absolute Gasteiger partial charge is 0.478 e. The van der Waals surface area contributed by atoms with Crippen LogP contribution in [0.15, 0.2) is 54.7 Å². The highest BCUT2D eigenvalue weighted by Gasteiger charge is 2.19. The molecule has 0 spiro atoms. The summed E-state index contributed by atoms with van der Waals surface area (Å²) in [7, 11) is 0. The van der Waals surface area contributed by atoms with Crippen molar-refractivity contribution in [2.75, 3.05) is 5.73 Å². The minimum Gasteiger partial charge on any atom is -0.478 e. The lowest BCUT2D eigenvalue weighted by atomic mass is 10.1. The number of aromatic nitrogens is 2. The van der Waals surface area contributed by atoms with E-state index in [0.29, 0.717) is 17.0 Å². The van der Waals surface area contributed by atoms with Crippen molar-refractivity contribution in [1.29, 1.82) is 0 Å². The van der Waals surface area contributed by atoms with Crippen molar-refractivity contribution < 1.29 is 19.1 Å². The summed E-state index contributed by atoms with van der Waals surface area (Å²) in [6.45, 7) is 2.06. The highest BCUT2D eigenvalue weighted by atomic mass is 19.1. The first-order valence-corrected chi connectivity index (χ1v) is 8.78. The molecule has 0 unspecified atom stereocenters. The Hall–Kier alpha value is -3.81. The molecule has 7 nitrogen and oxygen atoms in total. The zero-order valence-electron chi connectivity index (χ0n) is 15.7. The number of anilines is 1. The topological polar surface area (TPSA) is 109 Å². The standard InChI is InChI=1S/C21H19FN4O3/c1-13-24-10-17(19(23)25-13)12-26(11-14-2-8-18(22)9-3-14)20(27)15-4-6-16(7-5-15)21(28)29/h2-10H,11-12H2,1H3,(H,28,29)(H2,23,24,25). The Morgan fingerprint density at radius 3 is 2.24 bits per heavy atom. The van der Waals surface area contributed by atoms with Crippen molar-refractivity contribution in [2.24, 2.45) is 0 Å². The summed E-state index contributed by atoms with van der Waals surface area (Å²) in [5, 5.41) is 9.03. The number of carbonyl (C=O) groups is 2. The quantitative estimate of drug-likeness (QED) is 0.665. The van der Waals surface area contributed by atoms with E-state index in [4.69, 9.17) is 10.8 Å². The molecule has 0 aliphatic heterocycles. The van der Waals surface area contributed by atoms with Crippen LogP contribution in [-0.2, 0) is 13.1 Å². The average molecular weight is 394 g/mol. The maximum Gasteiger partial charge on any atom is 0.335 e. The highest BCUT2D eigenvalue weighted by molar-refractivity contribution is 5.96. The van der Waals surface area contributed by atoms with Gasteiger partial charge in [-0.05, 0) is 48.9 Å². The van der Waals surface area contributed by atoms with E-state index in [1.54, 1.807) is 25.3 Å². The Balaban J connectivity index is 1.91. The number of halogens is 1. The molecule has 148 valence electrons. The second-order valence-corrected chi connectivity index (χ2v) is 6.50. The number of aromatic carboxylic acids is 1. The van der Waals surface area contributed by atoms with Gasteiger partial charge in [0.1, 0.15) is 17.5 Å². The number of rotatable bonds is 6. The number of benzene rings is 2. The average Bonchev–Trinajstić information content (AvgIpc) is 2.70. The van der Waals surface area contributed by atoms with Crippen LogP contribution in [-0.4, -0.2) is 31.9 Å². The van der Waals surface area contributed by atoms with Crippen molar-refractivity contribution in [3.63, 3.8) is 0 Å². The first kappa shape index (κ1) is 19.9. The van der Waals surface area contributed by atoms with Crippen LogP contribution in [0.3, 0.4) is 0 Å². The molecule has 0 saturated heterocycles. The number of nitrogens with zero attached hydrogens (tertiary/aromatic N) is 3. The number of carbonyl (C=O) groups excluding carboxylic acids is 1. The first-order chi connectivity index (χ1) is 13.8. The van der Waals surface area contributed by atoms with Crippen LogP contribution in [0.5, 0.6) is 0 Å². The Labute approximate surface area is 166 Å². The fraction of sp³-hybridized carbons (Fsp3) is 0.143. The molecule has 1 amide bonds. The maximum atomic E-state index is 13.2. The smallest absolute Gasteiger partial charge is 0.335 e. The molecule has 0 aliphatic carbocycles. The predicted octanol–water partition coefficient (Wildman–Crippen LogP) is 3.05. The number of amides is 1. The molecule has 1 aromatic heterocycles. The maximum absolute atomic E-state index is 13.2. The highest BCUT2D eigenvalue weighted by Crippen LogP contribution is 2.18. The van der Waals surface area contributed by atoms with Gasteiger partial charge in [0.25, 0.3) is 5.91 Å². The molecule has 8 heteroatoms. The summed E-state index contributed by atoms with van der Waals surface area (Å²) >= 11 is 0. The van der Waals surface area contributed by atoms with Crippen molar-refractivity contribution in [3.05, 3.63) is 88.6 Å². The minimum absolute atomic E-state index is 0.0859. The molecule has 0 bridgehead atoms. The van der Waals surface area contributed by atoms with Gasteiger partial charge in [-0.1, -0.05) is 12.1 Å². The van der Waals surface area contributed by atoms with Crippen LogP contribution in [0.4, 0.5) is 10.2 Å². The van der Waals surface area contributed by atoms with Gasteiger partial charge in [-0.15, -0.1) is 0 Å². The Morgan fingerprint density at radius 1 is 1.03 bits per heavy atom. The number of carboxylic acids is 1. The predicted molar refractivity (Wildman–Crippen MR) is 105 cm³/mol. The van der Waals surface area contributed by atoms with Crippen molar-refractivity contribution >= 4 is 17.7 Å². The molecule has 2 aromatic carbocycles. The third-order valence-corrected chi connectivity index (χ3v) is 4.33. The van der Waals surface area contributed by atoms with Crippen LogP contribution < -0.4 is 5.73 Å². The number of carboxylic acid groups (broad SMARTS) is 1. The fourth-order valence-corrected chi connectivity index (χ4v) is 2.79. The van der Waals surface area contributed by atoms with E-state index in [-0.39, 0.29) is 36.2 Å². The van der Waals surface area contributed by atoms with Crippen LogP contribution >= 0.6 is 0 Å². The third kappa shape index (κ3) is 4.92. The first-order valence-electron chi connectivity index (χ1n) is 8.78. The molecule has 3 aromatic rings. The number of hydrogen-bond donors (Lipinski definition) is 2. The number of nitrogens with two attached hydrogens (primary N) is 1. The van der Waals surface area contributed by atoms with Gasteiger partial charge in [0.15, 0.2) is 0 Å². The second-order valence-electron chi connectivity index (χ2n) is 6.50. The lowest BCUT2D eigenvalue weighted by molar-refractivity contribution is 0.0692. The lowest BCUT2D eigenvalue weighted by Crippen LogP contribution is -2.30. The van der Waals surface area contributed by atoms with Crippen molar-refractivity contribution in [2.45, 2.75) is 20.0 Å². The second kappa shape index (κ2) is 8.47. The zero-order valence-corrected chi connectivity index (χ0v) is 15.7. The molecule has 1 heterocycles. The van der Waals surface area contributed by atoms with E-state index in [2.05, 4.69) is 9.97 Å². The molecule has 3 N–H and O–H groups in total. The third-order valence-electron chi connectivity index (χ3n) is 4.33. The Morgan fingerprint density at radius 2 is 1.66 bits per heavy atom. The van der Waals surface area contributed by atoms with Gasteiger partial charge in [0.05, 0.1) is 12.1 Å². The van der Waals surface area contributed by atoms with Gasteiger partial charge >= 0.3 is 5.97 Å². The van der Waals surface area contributed by atoms with Crippen molar-refractivity contribution in [3.8, 4) is 0 Å². The van der Waals surface area contributed by atoms with Crippen molar-refractivity contribution in [1.82, 2.24) is 14.9 Å². The molecule has 0 saturated carbocycles. The summed E-state index contributed by atoms with van der Waals surface area (Å²) in [6.07, 6.45) is 1.57. The van der Waals surface area contributed by atoms with E-state index in [9.17, 15) is 14.0 Å². The summed E-state index contributed by atoms with van der Waals surface area (Å²) in [5.74, 6) is -0.974. The number of aryl methyl sites for hydroxylation is 1. The van der Waals surface area contributed by atoms with E-state index in [1.165, 1.54) is 41.3 Å². The lowest BCUT2D eigenvalue weighted by Gasteiger charge is -2.23. The van der Waals surface area contributed by atoms with E-state index in [0.717, 1.165) is 5.56 Å². The van der Waals surface area contributed by atoms with E-state index in [1.807, 2.05) is 0 Å². The molecular formula is C21H19FN4O3. The summed E-state index contributed by atoms with van der Waals surface area (Å²) in [5.41, 5.74) is 7.69. The van der Waals surface area contributed by atoms with Gasteiger partial charge in [0, 0.05) is 23.9 Å². The summed E-state index contributed by atoms with van der Waals surface area (Å²) < 4.78 is 13.2. The molecule has 0 aliphatic rings. The van der Waals surface area contributed by atoms with Crippen LogP contribution in [0, 0.1) is 12.7 Å². The van der Waals surface area contributed by atoms with E-state index >= 15 is 0 Å². The Bertz CT molecular complexity index is 1040. The normalized spacial score (nSPS) is 10.6. The molecule has 3 rings (SSSR count). The van der Waals surface area contributed by atoms with Crippen LogP contribution in [0.25, 0.3) is 0 Å².